The van der Waals surface area contributed by atoms with Gasteiger partial charge in [-0.1, -0.05) is 13.3 Å². The Morgan fingerprint density at radius 3 is 3.00 bits per heavy atom. The van der Waals surface area contributed by atoms with Gasteiger partial charge in [0.05, 0.1) is 17.5 Å². The van der Waals surface area contributed by atoms with Crippen LogP contribution in [0.25, 0.3) is 0 Å². The van der Waals surface area contributed by atoms with Crippen LogP contribution in [0, 0.1) is 0 Å². The fraction of sp³-hybridized carbons (Fsp3) is 0.462. The number of rotatable bonds is 6. The van der Waals surface area contributed by atoms with E-state index in [-0.39, 0.29) is 0 Å². The van der Waals surface area contributed by atoms with Gasteiger partial charge in [0.1, 0.15) is 5.82 Å². The number of hydrogen-bond acceptors (Lipinski definition) is 5. The molecule has 1 unspecified atom stereocenters. The van der Waals surface area contributed by atoms with Gasteiger partial charge in [0.25, 0.3) is 0 Å². The number of nitrogens with two attached hydrogens (primary N) is 1. The SMILES string of the molecule is CCCc1nn(C)c(NCC(O)c2ccsc2)c1N. The Morgan fingerprint density at radius 2 is 2.37 bits per heavy atom. The lowest BCUT2D eigenvalue weighted by Crippen LogP contribution is -2.14. The minimum Gasteiger partial charge on any atom is -0.394 e. The monoisotopic (exact) mass is 280 g/mol. The first-order chi connectivity index (χ1) is 9.13. The number of aryl methyl sites for hydroxylation is 2. The summed E-state index contributed by atoms with van der Waals surface area (Å²) in [5.41, 5.74) is 8.59. The number of nitrogen functional groups attached to an aromatic ring is 1. The Bertz CT molecular complexity index is 521. The maximum atomic E-state index is 10.0. The van der Waals surface area contributed by atoms with Crippen molar-refractivity contribution in [2.24, 2.45) is 7.05 Å². The molecule has 2 aromatic heterocycles. The zero-order chi connectivity index (χ0) is 13.8. The van der Waals surface area contributed by atoms with E-state index in [1.807, 2.05) is 23.9 Å². The van der Waals surface area contributed by atoms with Crippen LogP contribution in [-0.2, 0) is 13.5 Å². The largest absolute Gasteiger partial charge is 0.394 e. The van der Waals surface area contributed by atoms with Crippen molar-refractivity contribution in [3.8, 4) is 0 Å². The fourth-order valence-corrected chi connectivity index (χ4v) is 2.71. The van der Waals surface area contributed by atoms with Crippen LogP contribution < -0.4 is 11.1 Å². The van der Waals surface area contributed by atoms with E-state index in [4.69, 9.17) is 5.73 Å². The van der Waals surface area contributed by atoms with Crippen LogP contribution in [0.2, 0.25) is 0 Å². The van der Waals surface area contributed by atoms with Crippen LogP contribution in [-0.4, -0.2) is 21.4 Å². The molecule has 0 amide bonds. The molecule has 0 spiro atoms. The van der Waals surface area contributed by atoms with E-state index in [2.05, 4.69) is 17.3 Å². The molecule has 2 aromatic rings. The summed E-state index contributed by atoms with van der Waals surface area (Å²) in [7, 11) is 1.86. The Morgan fingerprint density at radius 1 is 1.58 bits per heavy atom. The fourth-order valence-electron chi connectivity index (χ4n) is 2.00. The Kier molecular flexibility index (Phi) is 4.44. The zero-order valence-corrected chi connectivity index (χ0v) is 12.1. The van der Waals surface area contributed by atoms with Gasteiger partial charge in [-0.15, -0.1) is 0 Å². The number of thiophene rings is 1. The Hall–Kier alpha value is -1.53. The van der Waals surface area contributed by atoms with E-state index in [0.29, 0.717) is 12.2 Å². The molecule has 0 aliphatic rings. The third-order valence-corrected chi connectivity index (χ3v) is 3.74. The summed E-state index contributed by atoms with van der Waals surface area (Å²) >= 11 is 1.58. The molecule has 0 saturated heterocycles. The third-order valence-electron chi connectivity index (χ3n) is 3.04. The third kappa shape index (κ3) is 3.08. The molecule has 2 rings (SSSR count). The molecule has 19 heavy (non-hydrogen) atoms. The van der Waals surface area contributed by atoms with Gasteiger partial charge in [-0.3, -0.25) is 4.68 Å². The quantitative estimate of drug-likeness (QED) is 0.758. The first kappa shape index (κ1) is 13.9. The predicted molar refractivity (Wildman–Crippen MR) is 79.4 cm³/mol. The van der Waals surface area contributed by atoms with Crippen LogP contribution in [0.5, 0.6) is 0 Å². The van der Waals surface area contributed by atoms with E-state index in [1.54, 1.807) is 16.0 Å². The molecule has 0 radical (unpaired) electrons. The van der Waals surface area contributed by atoms with Crippen molar-refractivity contribution in [1.82, 2.24) is 9.78 Å². The van der Waals surface area contributed by atoms with E-state index in [0.717, 1.165) is 29.9 Å². The van der Waals surface area contributed by atoms with Crippen molar-refractivity contribution in [1.29, 1.82) is 0 Å². The van der Waals surface area contributed by atoms with E-state index < -0.39 is 6.10 Å². The van der Waals surface area contributed by atoms with Gasteiger partial charge in [-0.05, 0) is 28.8 Å². The number of aromatic nitrogens is 2. The normalized spacial score (nSPS) is 12.6. The average molecular weight is 280 g/mol. The maximum Gasteiger partial charge on any atom is 0.147 e. The molecule has 5 nitrogen and oxygen atoms in total. The lowest BCUT2D eigenvalue weighted by molar-refractivity contribution is 0.192. The molecule has 2 heterocycles. The molecule has 6 heteroatoms. The van der Waals surface area contributed by atoms with Crippen LogP contribution in [0.3, 0.4) is 0 Å². The van der Waals surface area contributed by atoms with E-state index in [1.165, 1.54) is 0 Å². The second-order valence-corrected chi connectivity index (χ2v) is 5.32. The molecule has 0 bridgehead atoms. The Balaban J connectivity index is 2.03. The van der Waals surface area contributed by atoms with Crippen molar-refractivity contribution in [3.63, 3.8) is 0 Å². The molecular weight excluding hydrogens is 260 g/mol. The molecule has 0 fully saturated rings. The molecule has 0 saturated carbocycles. The van der Waals surface area contributed by atoms with Crippen molar-refractivity contribution in [2.45, 2.75) is 25.9 Å². The zero-order valence-electron chi connectivity index (χ0n) is 11.3. The lowest BCUT2D eigenvalue weighted by atomic mass is 10.2. The molecule has 104 valence electrons. The van der Waals surface area contributed by atoms with Gasteiger partial charge < -0.3 is 16.2 Å². The molecule has 4 N–H and O–H groups in total. The highest BCUT2D eigenvalue weighted by Crippen LogP contribution is 2.24. The number of aliphatic hydroxyl groups excluding tert-OH is 1. The van der Waals surface area contributed by atoms with E-state index in [9.17, 15) is 5.11 Å². The number of nitrogens with zero attached hydrogens (tertiary/aromatic N) is 2. The first-order valence-electron chi connectivity index (χ1n) is 6.38. The van der Waals surface area contributed by atoms with Crippen LogP contribution in [0.15, 0.2) is 16.8 Å². The van der Waals surface area contributed by atoms with Gasteiger partial charge in [-0.25, -0.2) is 0 Å². The van der Waals surface area contributed by atoms with Gasteiger partial charge in [0, 0.05) is 13.6 Å². The van der Waals surface area contributed by atoms with Gasteiger partial charge in [0.15, 0.2) is 0 Å². The second kappa shape index (κ2) is 6.08. The van der Waals surface area contributed by atoms with Crippen LogP contribution >= 0.6 is 11.3 Å². The summed E-state index contributed by atoms with van der Waals surface area (Å²) in [4.78, 5) is 0. The number of hydrogen-bond donors (Lipinski definition) is 3. The number of anilines is 2. The Labute approximate surface area is 117 Å². The summed E-state index contributed by atoms with van der Waals surface area (Å²) in [5, 5.41) is 21.5. The topological polar surface area (TPSA) is 76.1 Å². The maximum absolute atomic E-state index is 10.0. The van der Waals surface area contributed by atoms with Crippen molar-refractivity contribution in [3.05, 3.63) is 28.1 Å². The summed E-state index contributed by atoms with van der Waals surface area (Å²) in [6.45, 7) is 2.52. The number of nitrogens with one attached hydrogen (secondary N) is 1. The highest BCUT2D eigenvalue weighted by Gasteiger charge is 2.14. The standard InChI is InChI=1S/C13H20N4OS/c1-3-4-10-12(14)13(17(2)16-10)15-7-11(18)9-5-6-19-8-9/h5-6,8,11,15,18H,3-4,7,14H2,1-2H3. The molecule has 0 aromatic carbocycles. The van der Waals surface area contributed by atoms with Crippen LogP contribution in [0.1, 0.15) is 30.7 Å². The summed E-state index contributed by atoms with van der Waals surface area (Å²) < 4.78 is 1.74. The van der Waals surface area contributed by atoms with Crippen LogP contribution in [0.4, 0.5) is 11.5 Å². The molecule has 1 atom stereocenters. The van der Waals surface area contributed by atoms with Crippen molar-refractivity contribution >= 4 is 22.8 Å². The van der Waals surface area contributed by atoms with Crippen molar-refractivity contribution in [2.75, 3.05) is 17.6 Å². The molecular formula is C13H20N4OS. The average Bonchev–Trinajstić information content (AvgIpc) is 2.99. The lowest BCUT2D eigenvalue weighted by Gasteiger charge is -2.12. The predicted octanol–water partition coefficient (Wildman–Crippen LogP) is 2.16. The summed E-state index contributed by atoms with van der Waals surface area (Å²) in [6.07, 6.45) is 1.35. The van der Waals surface area contributed by atoms with Gasteiger partial charge >= 0.3 is 0 Å². The van der Waals surface area contributed by atoms with Crippen molar-refractivity contribution < 1.29 is 5.11 Å². The van der Waals surface area contributed by atoms with E-state index >= 15 is 0 Å². The first-order valence-corrected chi connectivity index (χ1v) is 7.33. The summed E-state index contributed by atoms with van der Waals surface area (Å²) in [5.74, 6) is 0.776. The highest BCUT2D eigenvalue weighted by atomic mass is 32.1. The summed E-state index contributed by atoms with van der Waals surface area (Å²) in [6, 6.07) is 1.92. The smallest absolute Gasteiger partial charge is 0.147 e. The molecule has 0 aliphatic heterocycles. The second-order valence-electron chi connectivity index (χ2n) is 4.54. The van der Waals surface area contributed by atoms with Gasteiger partial charge in [-0.2, -0.15) is 16.4 Å². The minimum absolute atomic E-state index is 0.423. The van der Waals surface area contributed by atoms with Gasteiger partial charge in [0.2, 0.25) is 0 Å². The highest BCUT2D eigenvalue weighted by molar-refractivity contribution is 7.07. The minimum atomic E-state index is -0.532. The number of aliphatic hydroxyl groups is 1. The molecule has 0 aliphatic carbocycles.